The van der Waals surface area contributed by atoms with Crippen LogP contribution in [0.15, 0.2) is 169 Å². The molecule has 0 spiro atoms. The number of nitrogens with zero attached hydrogens (tertiary/aromatic N) is 4. The van der Waals surface area contributed by atoms with Crippen molar-refractivity contribution in [2.24, 2.45) is 0 Å². The summed E-state index contributed by atoms with van der Waals surface area (Å²) in [7, 11) is 0. The van der Waals surface area contributed by atoms with Crippen LogP contribution in [0.1, 0.15) is 0 Å². The molecule has 0 aliphatic carbocycles. The number of hydrogen-bond donors (Lipinski definition) is 0. The molecule has 0 bridgehead atoms. The molecular weight excluding hydrogens is 652 g/mol. The molecule has 3 heterocycles. The van der Waals surface area contributed by atoms with Gasteiger partial charge < -0.3 is 4.57 Å². The maximum atomic E-state index is 5.21. The highest BCUT2D eigenvalue weighted by molar-refractivity contribution is 9.10. The molecule has 6 aromatic carbocycles. The number of benzene rings is 6. The average molecular weight is 680 g/mol. The third-order valence-electron chi connectivity index (χ3n) is 8.94. The van der Waals surface area contributed by atoms with E-state index < -0.39 is 0 Å². The molecule has 4 nitrogen and oxygen atoms in total. The fraction of sp³-hybridized carbons (Fsp3) is 0. The Labute approximate surface area is 286 Å². The van der Waals surface area contributed by atoms with Gasteiger partial charge >= 0.3 is 0 Å². The molecule has 9 rings (SSSR count). The monoisotopic (exact) mass is 678 g/mol. The fourth-order valence-corrected chi connectivity index (χ4v) is 7.11. The summed E-state index contributed by atoms with van der Waals surface area (Å²) in [5.74, 6) is 0.685. The molecule has 9 aromatic rings. The zero-order valence-corrected chi connectivity index (χ0v) is 27.3. The topological polar surface area (TPSA) is 43.6 Å². The number of halogens is 1. The summed E-state index contributed by atoms with van der Waals surface area (Å²) in [5, 5.41) is 4.80. The number of aromatic nitrogens is 4. The zero-order chi connectivity index (χ0) is 32.0. The van der Waals surface area contributed by atoms with Gasteiger partial charge in [-0.2, -0.15) is 0 Å². The van der Waals surface area contributed by atoms with Gasteiger partial charge in [-0.1, -0.05) is 113 Å². The maximum absolute atomic E-state index is 5.21. The van der Waals surface area contributed by atoms with Gasteiger partial charge in [-0.3, -0.25) is 4.98 Å². The van der Waals surface area contributed by atoms with Crippen LogP contribution in [0.25, 0.3) is 83.3 Å². The lowest BCUT2D eigenvalue weighted by Gasteiger charge is -2.13. The van der Waals surface area contributed by atoms with Gasteiger partial charge in [0.2, 0.25) is 0 Å². The minimum absolute atomic E-state index is 0.685. The summed E-state index contributed by atoms with van der Waals surface area (Å²) in [5.41, 5.74) is 10.4. The second kappa shape index (κ2) is 11.7. The van der Waals surface area contributed by atoms with E-state index in [2.05, 4.69) is 165 Å². The molecule has 3 aromatic heterocycles. The van der Waals surface area contributed by atoms with Crippen molar-refractivity contribution in [3.05, 3.63) is 169 Å². The lowest BCUT2D eigenvalue weighted by atomic mass is 10.0. The van der Waals surface area contributed by atoms with E-state index >= 15 is 0 Å². The Morgan fingerprint density at radius 2 is 1.02 bits per heavy atom. The van der Waals surface area contributed by atoms with Crippen LogP contribution >= 0.6 is 15.9 Å². The summed E-state index contributed by atoms with van der Waals surface area (Å²) in [6, 6.07) is 53.2. The molecule has 0 aliphatic rings. The molecule has 0 unspecified atom stereocenters. The summed E-state index contributed by atoms with van der Waals surface area (Å²) in [4.78, 5) is 14.5. The molecule has 0 atom stereocenters. The number of hydrogen-bond acceptors (Lipinski definition) is 3. The van der Waals surface area contributed by atoms with Crippen LogP contribution in [0.5, 0.6) is 0 Å². The molecule has 0 amide bonds. The number of pyridine rings is 1. The zero-order valence-electron chi connectivity index (χ0n) is 25.8. The lowest BCUT2D eigenvalue weighted by Crippen LogP contribution is -1.98. The van der Waals surface area contributed by atoms with Gasteiger partial charge in [-0.05, 0) is 76.5 Å². The molecule has 0 aliphatic heterocycles. The van der Waals surface area contributed by atoms with Crippen LogP contribution < -0.4 is 0 Å². The van der Waals surface area contributed by atoms with Crippen LogP contribution in [0.3, 0.4) is 0 Å². The molecule has 48 heavy (non-hydrogen) atoms. The fourth-order valence-electron chi connectivity index (χ4n) is 6.63. The first kappa shape index (κ1) is 28.3. The van der Waals surface area contributed by atoms with Crippen molar-refractivity contribution in [2.75, 3.05) is 0 Å². The largest absolute Gasteiger partial charge is 0.309 e. The molecule has 5 heteroatoms. The Morgan fingerprint density at radius 1 is 0.438 bits per heavy atom. The van der Waals surface area contributed by atoms with Crippen molar-refractivity contribution in [1.29, 1.82) is 0 Å². The molecule has 226 valence electrons. The van der Waals surface area contributed by atoms with E-state index in [1.807, 2.05) is 24.5 Å². The Bertz CT molecular complexity index is 2570. The summed E-state index contributed by atoms with van der Waals surface area (Å²) in [6.45, 7) is 0. The molecule has 0 radical (unpaired) electrons. The van der Waals surface area contributed by atoms with Crippen LogP contribution in [0.4, 0.5) is 0 Å². The van der Waals surface area contributed by atoms with Crippen molar-refractivity contribution in [1.82, 2.24) is 19.5 Å². The van der Waals surface area contributed by atoms with Crippen molar-refractivity contribution in [3.63, 3.8) is 0 Å². The predicted octanol–water partition coefficient (Wildman–Crippen LogP) is 11.6. The Morgan fingerprint density at radius 3 is 1.75 bits per heavy atom. The van der Waals surface area contributed by atoms with Gasteiger partial charge in [-0.15, -0.1) is 0 Å². The smallest absolute Gasteiger partial charge is 0.160 e. The highest BCUT2D eigenvalue weighted by atomic mass is 79.9. The quantitative estimate of drug-likeness (QED) is 0.182. The molecule has 0 saturated heterocycles. The number of fused-ring (bicyclic) bond motifs is 4. The Balaban J connectivity index is 1.23. The van der Waals surface area contributed by atoms with E-state index in [1.54, 1.807) is 0 Å². The predicted molar refractivity (Wildman–Crippen MR) is 201 cm³/mol. The number of para-hydroxylation sites is 2. The van der Waals surface area contributed by atoms with Crippen LogP contribution in [-0.4, -0.2) is 19.5 Å². The minimum Gasteiger partial charge on any atom is -0.309 e. The molecular formula is C43H27BrN4. The van der Waals surface area contributed by atoms with E-state index in [0.717, 1.165) is 65.8 Å². The second-order valence-corrected chi connectivity index (χ2v) is 12.8. The van der Waals surface area contributed by atoms with E-state index in [-0.39, 0.29) is 0 Å². The van der Waals surface area contributed by atoms with Gasteiger partial charge in [0.15, 0.2) is 5.82 Å². The Hall–Kier alpha value is -5.91. The first-order valence-electron chi connectivity index (χ1n) is 15.9. The lowest BCUT2D eigenvalue weighted by molar-refractivity contribution is 1.16. The van der Waals surface area contributed by atoms with Crippen molar-refractivity contribution < 1.29 is 0 Å². The van der Waals surface area contributed by atoms with Gasteiger partial charge in [0.25, 0.3) is 0 Å². The molecule has 0 saturated carbocycles. The molecule has 0 fully saturated rings. The van der Waals surface area contributed by atoms with E-state index in [0.29, 0.717) is 5.82 Å². The summed E-state index contributed by atoms with van der Waals surface area (Å²) in [6.07, 6.45) is 3.64. The van der Waals surface area contributed by atoms with Crippen molar-refractivity contribution in [2.45, 2.75) is 0 Å². The maximum Gasteiger partial charge on any atom is 0.160 e. The highest BCUT2D eigenvalue weighted by Gasteiger charge is 2.16. The Kier molecular flexibility index (Phi) is 6.91. The average Bonchev–Trinajstić information content (AvgIpc) is 3.49. The van der Waals surface area contributed by atoms with Gasteiger partial charge in [0.1, 0.15) is 0 Å². The third-order valence-corrected chi connectivity index (χ3v) is 9.40. The third kappa shape index (κ3) is 5.05. The van der Waals surface area contributed by atoms with Crippen LogP contribution in [-0.2, 0) is 0 Å². The normalized spacial score (nSPS) is 11.4. The van der Waals surface area contributed by atoms with Crippen molar-refractivity contribution in [3.8, 4) is 50.7 Å². The minimum atomic E-state index is 0.685. The first-order chi connectivity index (χ1) is 23.7. The van der Waals surface area contributed by atoms with Gasteiger partial charge in [0, 0.05) is 50.0 Å². The second-order valence-electron chi connectivity index (χ2n) is 11.9. The van der Waals surface area contributed by atoms with Gasteiger partial charge in [0.05, 0.1) is 22.4 Å². The van der Waals surface area contributed by atoms with E-state index in [9.17, 15) is 0 Å². The SMILES string of the molecule is Brc1cc(-c2cc(-c3ccc(-c4ccncc4)cc3)nc(-c3ccc4ccccc4c3)n2)cc(-n2c3ccccc3c3ccccc32)c1. The van der Waals surface area contributed by atoms with Crippen molar-refractivity contribution >= 4 is 48.5 Å². The summed E-state index contributed by atoms with van der Waals surface area (Å²) < 4.78 is 3.31. The summed E-state index contributed by atoms with van der Waals surface area (Å²) >= 11 is 3.85. The van der Waals surface area contributed by atoms with Crippen LogP contribution in [0, 0.1) is 0 Å². The van der Waals surface area contributed by atoms with E-state index in [4.69, 9.17) is 9.97 Å². The first-order valence-corrected chi connectivity index (χ1v) is 16.7. The van der Waals surface area contributed by atoms with Gasteiger partial charge in [-0.25, -0.2) is 9.97 Å². The molecule has 0 N–H and O–H groups in total. The van der Waals surface area contributed by atoms with E-state index in [1.165, 1.54) is 16.2 Å². The standard InChI is InChI=1S/C43H27BrN4/c44-35-24-34(25-36(26-35)48-41-11-5-3-9-37(41)38-10-4-6-12-42(38)48)40-27-39(31-16-13-29(14-17-31)30-19-21-45-22-20-30)46-43(47-40)33-18-15-28-7-1-2-8-32(28)23-33/h1-27H. The van der Waals surface area contributed by atoms with Crippen LogP contribution in [0.2, 0.25) is 0 Å². The number of rotatable bonds is 5. The highest BCUT2D eigenvalue weighted by Crippen LogP contribution is 2.36.